The summed E-state index contributed by atoms with van der Waals surface area (Å²) in [4.78, 5) is 2.25. The van der Waals surface area contributed by atoms with Crippen molar-refractivity contribution in [1.29, 1.82) is 0 Å². The molecule has 1 aliphatic heterocycles. The van der Waals surface area contributed by atoms with Crippen LogP contribution >= 0.6 is 0 Å². The summed E-state index contributed by atoms with van der Waals surface area (Å²) in [6.07, 6.45) is 2.05. The molecule has 2 heteroatoms. The summed E-state index contributed by atoms with van der Waals surface area (Å²) in [5.74, 6) is 0.509. The molecule has 0 unspecified atom stereocenters. The average molecular weight is 221 g/mol. The van der Waals surface area contributed by atoms with Gasteiger partial charge >= 0.3 is 0 Å². The predicted octanol–water partition coefficient (Wildman–Crippen LogP) is 3.01. The number of rotatable bonds is 2. The van der Waals surface area contributed by atoms with Crippen molar-refractivity contribution in [2.24, 2.45) is 5.92 Å². The van der Waals surface area contributed by atoms with Gasteiger partial charge in [0.05, 0.1) is 0 Å². The van der Waals surface area contributed by atoms with Gasteiger partial charge in [-0.1, -0.05) is 13.8 Å². The van der Waals surface area contributed by atoms with Gasteiger partial charge < -0.3 is 4.90 Å². The lowest BCUT2D eigenvalue weighted by Crippen LogP contribution is -2.27. The first kappa shape index (κ1) is 11.6. The highest BCUT2D eigenvalue weighted by Crippen LogP contribution is 2.25. The van der Waals surface area contributed by atoms with Gasteiger partial charge in [-0.05, 0) is 54.6 Å². The van der Waals surface area contributed by atoms with Gasteiger partial charge in [0.1, 0.15) is 5.82 Å². The Kier molecular flexibility index (Phi) is 3.29. The average Bonchev–Trinajstić information content (AvgIpc) is 2.15. The largest absolute Gasteiger partial charge is 0.302 e. The zero-order valence-electron chi connectivity index (χ0n) is 10.4. The standard InChI is InChI=1S/C14H20FN/c1-10(2)6-11-7-13(15)8-12-9-16(3)5-4-14(11)12/h7-8,10H,4-6,9H2,1-3H3. The summed E-state index contributed by atoms with van der Waals surface area (Å²) < 4.78 is 13.5. The zero-order valence-corrected chi connectivity index (χ0v) is 10.4. The van der Waals surface area contributed by atoms with Gasteiger partial charge in [0.15, 0.2) is 0 Å². The van der Waals surface area contributed by atoms with Crippen LogP contribution < -0.4 is 0 Å². The van der Waals surface area contributed by atoms with E-state index in [4.69, 9.17) is 0 Å². The minimum atomic E-state index is -0.0790. The highest BCUT2D eigenvalue weighted by Gasteiger charge is 2.18. The van der Waals surface area contributed by atoms with Crippen molar-refractivity contribution in [2.75, 3.05) is 13.6 Å². The smallest absolute Gasteiger partial charge is 0.123 e. The first-order valence-electron chi connectivity index (χ1n) is 6.05. The molecule has 16 heavy (non-hydrogen) atoms. The molecule has 88 valence electrons. The van der Waals surface area contributed by atoms with Gasteiger partial charge in [-0.15, -0.1) is 0 Å². The van der Waals surface area contributed by atoms with Crippen molar-refractivity contribution in [3.05, 3.63) is 34.6 Å². The monoisotopic (exact) mass is 221 g/mol. The number of likely N-dealkylation sites (N-methyl/N-ethyl adjacent to an activating group) is 1. The van der Waals surface area contributed by atoms with Gasteiger partial charge in [-0.3, -0.25) is 0 Å². The quantitative estimate of drug-likeness (QED) is 0.742. The molecule has 1 aromatic carbocycles. The molecule has 0 aromatic heterocycles. The van der Waals surface area contributed by atoms with Crippen LogP contribution in [0.2, 0.25) is 0 Å². The van der Waals surface area contributed by atoms with E-state index in [1.54, 1.807) is 12.1 Å². The highest BCUT2D eigenvalue weighted by atomic mass is 19.1. The lowest BCUT2D eigenvalue weighted by atomic mass is 9.90. The van der Waals surface area contributed by atoms with Gasteiger partial charge in [-0.2, -0.15) is 0 Å². The lowest BCUT2D eigenvalue weighted by molar-refractivity contribution is 0.311. The van der Waals surface area contributed by atoms with Crippen LogP contribution in [-0.4, -0.2) is 18.5 Å². The van der Waals surface area contributed by atoms with E-state index in [2.05, 4.69) is 25.8 Å². The molecule has 0 aliphatic carbocycles. The second-order valence-electron chi connectivity index (χ2n) is 5.29. The van der Waals surface area contributed by atoms with Crippen LogP contribution in [0.15, 0.2) is 12.1 Å². The molecule has 0 atom stereocenters. The molecule has 0 saturated heterocycles. The third kappa shape index (κ3) is 2.43. The Morgan fingerprint density at radius 3 is 2.81 bits per heavy atom. The number of hydrogen-bond donors (Lipinski definition) is 0. The Balaban J connectivity index is 2.37. The van der Waals surface area contributed by atoms with Crippen LogP contribution in [0.1, 0.15) is 30.5 Å². The van der Waals surface area contributed by atoms with Crippen molar-refractivity contribution in [3.63, 3.8) is 0 Å². The molecular weight excluding hydrogens is 201 g/mol. The van der Waals surface area contributed by atoms with Crippen molar-refractivity contribution in [1.82, 2.24) is 4.90 Å². The Morgan fingerprint density at radius 1 is 1.38 bits per heavy atom. The lowest BCUT2D eigenvalue weighted by Gasteiger charge is -2.27. The number of hydrogen-bond acceptors (Lipinski definition) is 1. The second-order valence-corrected chi connectivity index (χ2v) is 5.29. The van der Waals surface area contributed by atoms with Crippen molar-refractivity contribution >= 4 is 0 Å². The molecule has 1 aromatic rings. The molecule has 0 bridgehead atoms. The number of benzene rings is 1. The van der Waals surface area contributed by atoms with E-state index in [0.717, 1.165) is 25.9 Å². The third-order valence-corrected chi connectivity index (χ3v) is 3.21. The van der Waals surface area contributed by atoms with Gasteiger partial charge in [0, 0.05) is 13.1 Å². The second kappa shape index (κ2) is 4.54. The van der Waals surface area contributed by atoms with E-state index in [-0.39, 0.29) is 5.82 Å². The van der Waals surface area contributed by atoms with Crippen LogP contribution in [0.4, 0.5) is 4.39 Å². The first-order valence-corrected chi connectivity index (χ1v) is 6.05. The van der Waals surface area contributed by atoms with E-state index in [9.17, 15) is 4.39 Å². The number of nitrogens with zero attached hydrogens (tertiary/aromatic N) is 1. The topological polar surface area (TPSA) is 3.24 Å². The SMILES string of the molecule is CC(C)Cc1cc(F)cc2c1CCN(C)C2. The third-order valence-electron chi connectivity index (χ3n) is 3.21. The predicted molar refractivity (Wildman–Crippen MR) is 65.0 cm³/mol. The summed E-state index contributed by atoms with van der Waals surface area (Å²) in [7, 11) is 2.09. The molecule has 0 radical (unpaired) electrons. The normalized spacial score (nSPS) is 16.6. The molecular formula is C14H20FN. The summed E-state index contributed by atoms with van der Waals surface area (Å²) >= 11 is 0. The summed E-state index contributed by atoms with van der Waals surface area (Å²) in [5.41, 5.74) is 3.80. The summed E-state index contributed by atoms with van der Waals surface area (Å²) in [6.45, 7) is 6.35. The number of fused-ring (bicyclic) bond motifs is 1. The Hall–Kier alpha value is -0.890. The molecule has 0 saturated carbocycles. The first-order chi connectivity index (χ1) is 7.56. The van der Waals surface area contributed by atoms with Gasteiger partial charge in [0.2, 0.25) is 0 Å². The van der Waals surface area contributed by atoms with E-state index >= 15 is 0 Å². The fourth-order valence-corrected chi connectivity index (χ4v) is 2.51. The Morgan fingerprint density at radius 2 is 2.12 bits per heavy atom. The van der Waals surface area contributed by atoms with E-state index in [1.165, 1.54) is 16.7 Å². The van der Waals surface area contributed by atoms with Crippen molar-refractivity contribution in [3.8, 4) is 0 Å². The van der Waals surface area contributed by atoms with Crippen molar-refractivity contribution < 1.29 is 4.39 Å². The minimum Gasteiger partial charge on any atom is -0.302 e. The maximum absolute atomic E-state index is 13.5. The molecule has 0 N–H and O–H groups in total. The highest BCUT2D eigenvalue weighted by molar-refractivity contribution is 5.38. The van der Waals surface area contributed by atoms with Crippen LogP contribution in [0.3, 0.4) is 0 Å². The van der Waals surface area contributed by atoms with Crippen LogP contribution in [0, 0.1) is 11.7 Å². The fourth-order valence-electron chi connectivity index (χ4n) is 2.51. The molecule has 2 rings (SSSR count). The Labute approximate surface area is 97.3 Å². The minimum absolute atomic E-state index is 0.0790. The van der Waals surface area contributed by atoms with Crippen LogP contribution in [0.25, 0.3) is 0 Å². The number of halogens is 1. The Bertz CT molecular complexity index is 385. The maximum Gasteiger partial charge on any atom is 0.123 e. The molecule has 0 spiro atoms. The molecule has 1 nitrogen and oxygen atoms in total. The van der Waals surface area contributed by atoms with Crippen LogP contribution in [0.5, 0.6) is 0 Å². The molecule has 1 aliphatic rings. The molecule has 0 fully saturated rings. The molecule has 1 heterocycles. The van der Waals surface area contributed by atoms with Crippen molar-refractivity contribution in [2.45, 2.75) is 33.2 Å². The van der Waals surface area contributed by atoms with E-state index < -0.39 is 0 Å². The molecule has 0 amide bonds. The van der Waals surface area contributed by atoms with E-state index in [0.29, 0.717) is 5.92 Å². The zero-order chi connectivity index (χ0) is 11.7. The van der Waals surface area contributed by atoms with Crippen LogP contribution in [-0.2, 0) is 19.4 Å². The maximum atomic E-state index is 13.5. The summed E-state index contributed by atoms with van der Waals surface area (Å²) in [6, 6.07) is 3.43. The fraction of sp³-hybridized carbons (Fsp3) is 0.571. The van der Waals surface area contributed by atoms with Gasteiger partial charge in [-0.25, -0.2) is 4.39 Å². The van der Waals surface area contributed by atoms with Gasteiger partial charge in [0.25, 0.3) is 0 Å². The summed E-state index contributed by atoms with van der Waals surface area (Å²) in [5, 5.41) is 0. The van der Waals surface area contributed by atoms with E-state index in [1.807, 2.05) is 0 Å².